The third-order valence-electron chi connectivity index (χ3n) is 3.03. The average molecular weight is 201 g/mol. The molecule has 1 saturated carbocycles. The van der Waals surface area contributed by atoms with Crippen LogP contribution < -0.4 is 5.73 Å². The Morgan fingerprint density at radius 2 is 2.00 bits per heavy atom. The Morgan fingerprint density at radius 3 is 2.71 bits per heavy atom. The minimum Gasteiger partial charge on any atom is -0.396 e. The third-order valence-corrected chi connectivity index (χ3v) is 3.03. The average Bonchev–Trinajstić information content (AvgIpc) is 2.25. The van der Waals surface area contributed by atoms with Gasteiger partial charge in [0.1, 0.15) is 0 Å². The summed E-state index contributed by atoms with van der Waals surface area (Å²) < 4.78 is 5.80. The molecule has 2 unspecified atom stereocenters. The minimum atomic E-state index is 0.272. The molecule has 0 heterocycles. The minimum absolute atomic E-state index is 0.272. The van der Waals surface area contributed by atoms with Gasteiger partial charge < -0.3 is 15.6 Å². The lowest BCUT2D eigenvalue weighted by molar-refractivity contribution is -0.0104. The Kier molecular flexibility index (Phi) is 6.15. The zero-order valence-corrected chi connectivity index (χ0v) is 8.95. The molecule has 0 saturated heterocycles. The van der Waals surface area contributed by atoms with Crippen LogP contribution >= 0.6 is 0 Å². The van der Waals surface area contributed by atoms with E-state index in [-0.39, 0.29) is 6.61 Å². The van der Waals surface area contributed by atoms with Gasteiger partial charge in [-0.3, -0.25) is 0 Å². The molecule has 1 aliphatic rings. The molecule has 0 amide bonds. The maximum Gasteiger partial charge on any atom is 0.0615 e. The number of aliphatic hydroxyl groups is 1. The van der Waals surface area contributed by atoms with Crippen LogP contribution in [0.25, 0.3) is 0 Å². The van der Waals surface area contributed by atoms with Gasteiger partial charge in [-0.05, 0) is 38.1 Å². The summed E-state index contributed by atoms with van der Waals surface area (Å²) in [6.07, 6.45) is 7.17. The van der Waals surface area contributed by atoms with Gasteiger partial charge in [0.15, 0.2) is 0 Å². The van der Waals surface area contributed by atoms with E-state index >= 15 is 0 Å². The van der Waals surface area contributed by atoms with Crippen molar-refractivity contribution in [2.24, 2.45) is 11.7 Å². The highest BCUT2D eigenvalue weighted by Crippen LogP contribution is 2.26. The normalized spacial score (nSPS) is 27.9. The van der Waals surface area contributed by atoms with Gasteiger partial charge in [0, 0.05) is 13.2 Å². The molecule has 0 aromatic carbocycles. The molecule has 84 valence electrons. The first kappa shape index (κ1) is 12.0. The number of hydrogen-bond acceptors (Lipinski definition) is 3. The van der Waals surface area contributed by atoms with Gasteiger partial charge in [-0.2, -0.15) is 0 Å². The molecule has 1 fully saturated rings. The predicted octanol–water partition coefficient (Wildman–Crippen LogP) is 1.29. The molecule has 3 N–H and O–H groups in total. The van der Waals surface area contributed by atoms with Crippen molar-refractivity contribution < 1.29 is 9.84 Å². The summed E-state index contributed by atoms with van der Waals surface area (Å²) in [7, 11) is 0. The molecular formula is C11H23NO2. The molecule has 0 aliphatic heterocycles. The van der Waals surface area contributed by atoms with Gasteiger partial charge in [-0.15, -0.1) is 0 Å². The zero-order valence-electron chi connectivity index (χ0n) is 8.95. The molecule has 0 bridgehead atoms. The number of nitrogens with two attached hydrogens (primary N) is 1. The lowest BCUT2D eigenvalue weighted by atomic mass is 9.86. The maximum atomic E-state index is 8.63. The quantitative estimate of drug-likeness (QED) is 0.637. The van der Waals surface area contributed by atoms with E-state index in [0.717, 1.165) is 26.0 Å². The van der Waals surface area contributed by atoms with Crippen molar-refractivity contribution in [1.82, 2.24) is 0 Å². The van der Waals surface area contributed by atoms with E-state index in [0.29, 0.717) is 12.0 Å². The first-order chi connectivity index (χ1) is 6.88. The standard InChI is InChI=1S/C11H23NO2/c12-9-10-5-1-2-6-11(10)14-8-4-3-7-13/h10-11,13H,1-9,12H2. The molecule has 0 aromatic heterocycles. The second kappa shape index (κ2) is 7.21. The highest BCUT2D eigenvalue weighted by Gasteiger charge is 2.23. The summed E-state index contributed by atoms with van der Waals surface area (Å²) in [4.78, 5) is 0. The van der Waals surface area contributed by atoms with Gasteiger partial charge in [-0.25, -0.2) is 0 Å². The maximum absolute atomic E-state index is 8.63. The van der Waals surface area contributed by atoms with Crippen molar-refractivity contribution in [3.05, 3.63) is 0 Å². The Morgan fingerprint density at radius 1 is 1.21 bits per heavy atom. The molecule has 0 spiro atoms. The van der Waals surface area contributed by atoms with E-state index in [9.17, 15) is 0 Å². The van der Waals surface area contributed by atoms with Crippen LogP contribution in [0.3, 0.4) is 0 Å². The van der Waals surface area contributed by atoms with Crippen molar-refractivity contribution >= 4 is 0 Å². The van der Waals surface area contributed by atoms with Crippen molar-refractivity contribution in [1.29, 1.82) is 0 Å². The number of ether oxygens (including phenoxy) is 1. The van der Waals surface area contributed by atoms with Crippen LogP contribution in [0.4, 0.5) is 0 Å². The van der Waals surface area contributed by atoms with Crippen molar-refractivity contribution in [2.45, 2.75) is 44.6 Å². The van der Waals surface area contributed by atoms with Crippen molar-refractivity contribution in [3.8, 4) is 0 Å². The number of aliphatic hydroxyl groups excluding tert-OH is 1. The van der Waals surface area contributed by atoms with E-state index in [1.54, 1.807) is 0 Å². The summed E-state index contributed by atoms with van der Waals surface area (Å²) in [5, 5.41) is 8.63. The van der Waals surface area contributed by atoms with Crippen LogP contribution in [0.2, 0.25) is 0 Å². The summed E-state index contributed by atoms with van der Waals surface area (Å²) in [6.45, 7) is 1.81. The topological polar surface area (TPSA) is 55.5 Å². The Bertz CT molecular complexity index is 141. The Balaban J connectivity index is 2.13. The molecule has 2 atom stereocenters. The molecule has 14 heavy (non-hydrogen) atoms. The first-order valence-corrected chi connectivity index (χ1v) is 5.81. The molecule has 3 nitrogen and oxygen atoms in total. The highest BCUT2D eigenvalue weighted by atomic mass is 16.5. The van der Waals surface area contributed by atoms with Gasteiger partial charge in [0.25, 0.3) is 0 Å². The molecule has 3 heteroatoms. The summed E-state index contributed by atoms with van der Waals surface area (Å²) >= 11 is 0. The van der Waals surface area contributed by atoms with Crippen LogP contribution in [-0.2, 0) is 4.74 Å². The Labute approximate surface area is 86.6 Å². The lowest BCUT2D eigenvalue weighted by Gasteiger charge is -2.30. The van der Waals surface area contributed by atoms with Crippen LogP contribution in [0.1, 0.15) is 38.5 Å². The number of hydrogen-bond donors (Lipinski definition) is 2. The van der Waals surface area contributed by atoms with Crippen LogP contribution in [0.5, 0.6) is 0 Å². The fraction of sp³-hybridized carbons (Fsp3) is 1.00. The van der Waals surface area contributed by atoms with E-state index in [4.69, 9.17) is 15.6 Å². The number of unbranched alkanes of at least 4 members (excludes halogenated alkanes) is 1. The second-order valence-electron chi connectivity index (χ2n) is 4.12. The van der Waals surface area contributed by atoms with Crippen LogP contribution in [0.15, 0.2) is 0 Å². The fourth-order valence-corrected chi connectivity index (χ4v) is 2.11. The summed E-state index contributed by atoms with van der Waals surface area (Å²) in [5.41, 5.74) is 5.70. The lowest BCUT2D eigenvalue weighted by Crippen LogP contribution is -2.33. The summed E-state index contributed by atoms with van der Waals surface area (Å²) in [5.74, 6) is 0.567. The van der Waals surface area contributed by atoms with Crippen LogP contribution in [-0.4, -0.2) is 31.0 Å². The smallest absolute Gasteiger partial charge is 0.0615 e. The van der Waals surface area contributed by atoms with E-state index in [1.165, 1.54) is 25.7 Å². The van der Waals surface area contributed by atoms with Crippen molar-refractivity contribution in [3.63, 3.8) is 0 Å². The van der Waals surface area contributed by atoms with E-state index in [2.05, 4.69) is 0 Å². The highest BCUT2D eigenvalue weighted by molar-refractivity contribution is 4.76. The van der Waals surface area contributed by atoms with Crippen molar-refractivity contribution in [2.75, 3.05) is 19.8 Å². The number of rotatable bonds is 6. The first-order valence-electron chi connectivity index (χ1n) is 5.81. The van der Waals surface area contributed by atoms with E-state index in [1.807, 2.05) is 0 Å². The SMILES string of the molecule is NCC1CCCCC1OCCCCO. The Hall–Kier alpha value is -0.120. The fourth-order valence-electron chi connectivity index (χ4n) is 2.11. The third kappa shape index (κ3) is 3.95. The molecule has 0 radical (unpaired) electrons. The molecule has 1 rings (SSSR count). The monoisotopic (exact) mass is 201 g/mol. The van der Waals surface area contributed by atoms with Gasteiger partial charge in [0.2, 0.25) is 0 Å². The molecular weight excluding hydrogens is 178 g/mol. The summed E-state index contributed by atoms with van der Waals surface area (Å²) in [6, 6.07) is 0. The van der Waals surface area contributed by atoms with Gasteiger partial charge in [0.05, 0.1) is 6.10 Å². The van der Waals surface area contributed by atoms with Crippen LogP contribution in [0, 0.1) is 5.92 Å². The predicted molar refractivity (Wildman–Crippen MR) is 57.1 cm³/mol. The zero-order chi connectivity index (χ0) is 10.2. The largest absolute Gasteiger partial charge is 0.396 e. The van der Waals surface area contributed by atoms with Gasteiger partial charge in [-0.1, -0.05) is 12.8 Å². The second-order valence-corrected chi connectivity index (χ2v) is 4.12. The van der Waals surface area contributed by atoms with E-state index < -0.39 is 0 Å². The van der Waals surface area contributed by atoms with Gasteiger partial charge >= 0.3 is 0 Å². The molecule has 0 aromatic rings. The molecule has 1 aliphatic carbocycles.